The Labute approximate surface area is 109 Å². The lowest BCUT2D eigenvalue weighted by Crippen LogP contribution is -2.41. The van der Waals surface area contributed by atoms with E-state index in [4.69, 9.17) is 15.2 Å². The van der Waals surface area contributed by atoms with E-state index >= 15 is 0 Å². The zero-order chi connectivity index (χ0) is 13.0. The molecule has 0 radical (unpaired) electrons. The van der Waals surface area contributed by atoms with E-state index in [2.05, 4.69) is 24.3 Å². The highest BCUT2D eigenvalue weighted by atomic mass is 16.7. The van der Waals surface area contributed by atoms with Crippen molar-refractivity contribution in [3.05, 3.63) is 35.9 Å². The molecule has 1 aliphatic carbocycles. The van der Waals surface area contributed by atoms with Crippen LogP contribution in [0.25, 0.3) is 0 Å². The third kappa shape index (κ3) is 3.10. The predicted molar refractivity (Wildman–Crippen MR) is 72.3 cm³/mol. The maximum Gasteiger partial charge on any atom is 0.172 e. The van der Waals surface area contributed by atoms with E-state index in [-0.39, 0.29) is 12.3 Å². The lowest BCUT2D eigenvalue weighted by atomic mass is 10.1. The third-order valence-corrected chi connectivity index (χ3v) is 3.54. The second-order valence-electron chi connectivity index (χ2n) is 4.77. The summed E-state index contributed by atoms with van der Waals surface area (Å²) in [6.45, 7) is 5.23. The van der Waals surface area contributed by atoms with Gasteiger partial charge in [-0.2, -0.15) is 0 Å². The van der Waals surface area contributed by atoms with Gasteiger partial charge in [0.1, 0.15) is 0 Å². The van der Waals surface area contributed by atoms with Crippen LogP contribution < -0.4 is 5.73 Å². The molecule has 0 amide bonds. The quantitative estimate of drug-likeness (QED) is 0.755. The van der Waals surface area contributed by atoms with Crippen molar-refractivity contribution in [2.45, 2.75) is 38.5 Å². The van der Waals surface area contributed by atoms with Crippen LogP contribution in [-0.4, -0.2) is 25.5 Å². The molecule has 0 aromatic heterocycles. The van der Waals surface area contributed by atoms with Gasteiger partial charge in [-0.3, -0.25) is 0 Å². The van der Waals surface area contributed by atoms with Gasteiger partial charge in [0.15, 0.2) is 6.29 Å². The molecular weight excluding hydrogens is 226 g/mol. The maximum atomic E-state index is 6.27. The first-order chi connectivity index (χ1) is 8.77. The topological polar surface area (TPSA) is 44.5 Å². The molecule has 3 nitrogen and oxygen atoms in total. The van der Waals surface area contributed by atoms with Crippen molar-refractivity contribution >= 4 is 0 Å². The van der Waals surface area contributed by atoms with Gasteiger partial charge in [-0.05, 0) is 37.7 Å². The molecule has 3 atom stereocenters. The molecule has 3 heteroatoms. The molecule has 0 saturated heterocycles. The van der Waals surface area contributed by atoms with Gasteiger partial charge in [0.25, 0.3) is 0 Å². The highest BCUT2D eigenvalue weighted by Crippen LogP contribution is 2.49. The minimum Gasteiger partial charge on any atom is -0.351 e. The van der Waals surface area contributed by atoms with Crippen LogP contribution >= 0.6 is 0 Å². The van der Waals surface area contributed by atoms with Gasteiger partial charge in [0, 0.05) is 13.2 Å². The zero-order valence-corrected chi connectivity index (χ0v) is 11.2. The van der Waals surface area contributed by atoms with Crippen LogP contribution in [0.5, 0.6) is 0 Å². The summed E-state index contributed by atoms with van der Waals surface area (Å²) in [4.78, 5) is 0. The molecule has 0 spiro atoms. The standard InChI is InChI=1S/C15H23NO2/c1-3-17-15(18-4-2)14(16)13-10-12(13)11-8-6-5-7-9-11/h5-9,12-15H,3-4,10,16H2,1-2H3. The van der Waals surface area contributed by atoms with E-state index in [9.17, 15) is 0 Å². The first kappa shape index (κ1) is 13.5. The van der Waals surface area contributed by atoms with E-state index in [0.29, 0.717) is 25.0 Å². The van der Waals surface area contributed by atoms with Crippen LogP contribution in [0.2, 0.25) is 0 Å². The van der Waals surface area contributed by atoms with E-state index in [0.717, 1.165) is 6.42 Å². The molecule has 3 unspecified atom stereocenters. The molecule has 1 saturated carbocycles. The van der Waals surface area contributed by atoms with Gasteiger partial charge >= 0.3 is 0 Å². The predicted octanol–water partition coefficient (Wildman–Crippen LogP) is 2.52. The number of rotatable bonds is 7. The summed E-state index contributed by atoms with van der Waals surface area (Å²) in [6, 6.07) is 10.5. The van der Waals surface area contributed by atoms with E-state index in [1.807, 2.05) is 19.9 Å². The maximum absolute atomic E-state index is 6.27. The first-order valence-electron chi connectivity index (χ1n) is 6.81. The number of nitrogens with two attached hydrogens (primary N) is 1. The fourth-order valence-corrected chi connectivity index (χ4v) is 2.52. The molecule has 18 heavy (non-hydrogen) atoms. The summed E-state index contributed by atoms with van der Waals surface area (Å²) in [5.74, 6) is 1.06. The smallest absolute Gasteiger partial charge is 0.172 e. The van der Waals surface area contributed by atoms with Gasteiger partial charge in [-0.15, -0.1) is 0 Å². The molecule has 2 N–H and O–H groups in total. The Morgan fingerprint density at radius 1 is 1.17 bits per heavy atom. The van der Waals surface area contributed by atoms with Crippen LogP contribution in [0.15, 0.2) is 30.3 Å². The minimum atomic E-state index is -0.265. The highest BCUT2D eigenvalue weighted by molar-refractivity contribution is 5.26. The summed E-state index contributed by atoms with van der Waals surface area (Å²) in [7, 11) is 0. The van der Waals surface area contributed by atoms with E-state index in [1.165, 1.54) is 5.56 Å². The van der Waals surface area contributed by atoms with E-state index < -0.39 is 0 Å². The number of hydrogen-bond acceptors (Lipinski definition) is 3. The Balaban J connectivity index is 1.93. The second-order valence-corrected chi connectivity index (χ2v) is 4.77. The minimum absolute atomic E-state index is 0.0323. The Morgan fingerprint density at radius 2 is 1.78 bits per heavy atom. The lowest BCUT2D eigenvalue weighted by molar-refractivity contribution is -0.151. The molecule has 0 bridgehead atoms. The van der Waals surface area contributed by atoms with Crippen LogP contribution in [0.1, 0.15) is 31.7 Å². The van der Waals surface area contributed by atoms with Gasteiger partial charge < -0.3 is 15.2 Å². The van der Waals surface area contributed by atoms with Crippen LogP contribution in [0.4, 0.5) is 0 Å². The van der Waals surface area contributed by atoms with Crippen molar-refractivity contribution < 1.29 is 9.47 Å². The number of ether oxygens (including phenoxy) is 2. The van der Waals surface area contributed by atoms with Crippen molar-refractivity contribution in [3.63, 3.8) is 0 Å². The Kier molecular flexibility index (Phi) is 4.75. The Bertz CT molecular complexity index is 349. The molecule has 1 aliphatic rings. The van der Waals surface area contributed by atoms with Gasteiger partial charge in [-0.1, -0.05) is 30.3 Å². The summed E-state index contributed by atoms with van der Waals surface area (Å²) in [5.41, 5.74) is 7.65. The number of benzene rings is 1. The largest absolute Gasteiger partial charge is 0.351 e. The third-order valence-electron chi connectivity index (χ3n) is 3.54. The summed E-state index contributed by atoms with van der Waals surface area (Å²) < 4.78 is 11.2. The molecule has 1 fully saturated rings. The first-order valence-corrected chi connectivity index (χ1v) is 6.81. The van der Waals surface area contributed by atoms with Crippen molar-refractivity contribution in [2.24, 2.45) is 11.7 Å². The lowest BCUT2D eigenvalue weighted by Gasteiger charge is -2.23. The van der Waals surface area contributed by atoms with Crippen LogP contribution in [0.3, 0.4) is 0 Å². The number of hydrogen-bond donors (Lipinski definition) is 1. The van der Waals surface area contributed by atoms with Gasteiger partial charge in [0.05, 0.1) is 6.04 Å². The summed E-state index contributed by atoms with van der Waals surface area (Å²) >= 11 is 0. The van der Waals surface area contributed by atoms with E-state index in [1.54, 1.807) is 0 Å². The van der Waals surface area contributed by atoms with Gasteiger partial charge in [-0.25, -0.2) is 0 Å². The average Bonchev–Trinajstić information content (AvgIpc) is 3.19. The van der Waals surface area contributed by atoms with Crippen molar-refractivity contribution in [2.75, 3.05) is 13.2 Å². The zero-order valence-electron chi connectivity index (χ0n) is 11.2. The van der Waals surface area contributed by atoms with Crippen LogP contribution in [0, 0.1) is 5.92 Å². The molecule has 0 aliphatic heterocycles. The van der Waals surface area contributed by atoms with Crippen molar-refractivity contribution in [1.29, 1.82) is 0 Å². The second kappa shape index (κ2) is 6.32. The normalized spacial score (nSPS) is 24.2. The Morgan fingerprint density at radius 3 is 2.33 bits per heavy atom. The Hall–Kier alpha value is -0.900. The fraction of sp³-hybridized carbons (Fsp3) is 0.600. The monoisotopic (exact) mass is 249 g/mol. The summed E-state index contributed by atoms with van der Waals surface area (Å²) in [6.07, 6.45) is 0.876. The van der Waals surface area contributed by atoms with Crippen LogP contribution in [-0.2, 0) is 9.47 Å². The average molecular weight is 249 g/mol. The fourth-order valence-electron chi connectivity index (χ4n) is 2.52. The highest BCUT2D eigenvalue weighted by Gasteiger charge is 2.45. The van der Waals surface area contributed by atoms with Gasteiger partial charge in [0.2, 0.25) is 0 Å². The van der Waals surface area contributed by atoms with Crippen molar-refractivity contribution in [3.8, 4) is 0 Å². The molecule has 1 aromatic rings. The van der Waals surface area contributed by atoms with Crippen molar-refractivity contribution in [1.82, 2.24) is 0 Å². The molecule has 100 valence electrons. The molecule has 2 rings (SSSR count). The SMILES string of the molecule is CCOC(OCC)C(N)C1CC1c1ccccc1. The summed E-state index contributed by atoms with van der Waals surface area (Å²) in [5, 5.41) is 0. The molecular formula is C15H23NO2. The molecule has 0 heterocycles. The molecule has 1 aromatic carbocycles.